The molecule has 0 bridgehead atoms. The number of amides is 1. The lowest BCUT2D eigenvalue weighted by molar-refractivity contribution is -0.121. The number of benzene rings is 2. The topological polar surface area (TPSA) is 84.5 Å². The van der Waals surface area contributed by atoms with Gasteiger partial charge < -0.3 is 10.1 Å². The van der Waals surface area contributed by atoms with Crippen LogP contribution >= 0.6 is 0 Å². The Hall–Kier alpha value is -2.59. The Morgan fingerprint density at radius 3 is 2.48 bits per heavy atom. The van der Waals surface area contributed by atoms with Crippen LogP contribution in [0.3, 0.4) is 0 Å². The number of aryl methyl sites for hydroxylation is 1. The summed E-state index contributed by atoms with van der Waals surface area (Å²) < 4.78 is 67.4. The van der Waals surface area contributed by atoms with Crippen LogP contribution in [0.5, 0.6) is 5.75 Å². The molecule has 10 heteroatoms. The summed E-state index contributed by atoms with van der Waals surface area (Å²) in [4.78, 5) is 12.0. The van der Waals surface area contributed by atoms with Crippen LogP contribution in [0, 0.1) is 6.92 Å². The number of halogens is 3. The summed E-state index contributed by atoms with van der Waals surface area (Å²) in [5.41, 5.74) is 1.21. The van der Waals surface area contributed by atoms with Crippen molar-refractivity contribution >= 4 is 21.6 Å². The molecule has 6 nitrogen and oxygen atoms in total. The van der Waals surface area contributed by atoms with E-state index in [9.17, 15) is 26.4 Å². The highest BCUT2D eigenvalue weighted by molar-refractivity contribution is 7.89. The molecule has 1 amide bonds. The fraction of sp³-hybridized carbons (Fsp3) is 0.235. The molecule has 2 aromatic rings. The highest BCUT2D eigenvalue weighted by Gasteiger charge is 2.30. The first-order valence-electron chi connectivity index (χ1n) is 7.64. The number of rotatable bonds is 6. The van der Waals surface area contributed by atoms with E-state index in [0.29, 0.717) is 11.4 Å². The second kappa shape index (κ2) is 7.97. The van der Waals surface area contributed by atoms with Crippen molar-refractivity contribution in [2.24, 2.45) is 0 Å². The number of anilines is 1. The number of nitrogens with one attached hydrogen (secondary N) is 2. The van der Waals surface area contributed by atoms with Crippen LogP contribution in [0.1, 0.15) is 15.9 Å². The summed E-state index contributed by atoms with van der Waals surface area (Å²) >= 11 is 0. The maximum Gasteiger partial charge on any atom is 0.402 e. The minimum Gasteiger partial charge on any atom is -0.495 e. The normalized spacial score (nSPS) is 11.9. The standard InChI is InChI=1S/C17H17F3N2O4S/c1-11-6-7-15(26-2)14(8-11)22-16(23)12-4-3-5-13(9-12)27(24,25)21-10-17(18,19)20/h3-9,21H,10H2,1-2H3,(H,22,23). The molecule has 0 fully saturated rings. The van der Waals surface area contributed by atoms with Gasteiger partial charge in [-0.15, -0.1) is 0 Å². The first-order valence-corrected chi connectivity index (χ1v) is 9.12. The molecule has 0 atom stereocenters. The zero-order valence-corrected chi connectivity index (χ0v) is 15.2. The van der Waals surface area contributed by atoms with Gasteiger partial charge >= 0.3 is 6.18 Å². The second-order valence-electron chi connectivity index (χ2n) is 5.63. The van der Waals surface area contributed by atoms with E-state index < -0.39 is 33.5 Å². The molecule has 0 aliphatic carbocycles. The average Bonchev–Trinajstić information content (AvgIpc) is 2.60. The molecule has 0 heterocycles. The summed E-state index contributed by atoms with van der Waals surface area (Å²) in [5, 5.41) is 2.59. The minimum absolute atomic E-state index is 0.0338. The number of hydrogen-bond donors (Lipinski definition) is 2. The average molecular weight is 402 g/mol. The van der Waals surface area contributed by atoms with Gasteiger partial charge in [-0.05, 0) is 42.8 Å². The molecule has 0 spiro atoms. The van der Waals surface area contributed by atoms with Crippen LogP contribution < -0.4 is 14.8 Å². The predicted octanol–water partition coefficient (Wildman–Crippen LogP) is 3.10. The Morgan fingerprint density at radius 2 is 1.85 bits per heavy atom. The first-order chi connectivity index (χ1) is 12.5. The third kappa shape index (κ3) is 5.69. The molecule has 0 radical (unpaired) electrons. The Morgan fingerprint density at radius 1 is 1.15 bits per heavy atom. The summed E-state index contributed by atoms with van der Waals surface area (Å²) in [7, 11) is -2.99. The van der Waals surface area contributed by atoms with Gasteiger partial charge in [0.15, 0.2) is 0 Å². The van der Waals surface area contributed by atoms with Gasteiger partial charge in [-0.3, -0.25) is 4.79 Å². The first kappa shape index (κ1) is 20.7. The van der Waals surface area contributed by atoms with Gasteiger partial charge in [0, 0.05) is 5.56 Å². The number of carbonyl (C=O) groups is 1. The van der Waals surface area contributed by atoms with E-state index in [4.69, 9.17) is 4.74 Å². The van der Waals surface area contributed by atoms with Crippen molar-refractivity contribution in [2.75, 3.05) is 19.0 Å². The monoisotopic (exact) mass is 402 g/mol. The SMILES string of the molecule is COc1ccc(C)cc1NC(=O)c1cccc(S(=O)(=O)NCC(F)(F)F)c1. The molecule has 2 rings (SSSR count). The molecule has 2 N–H and O–H groups in total. The summed E-state index contributed by atoms with van der Waals surface area (Å²) in [6.45, 7) is 0.112. The minimum atomic E-state index is -4.69. The molecular weight excluding hydrogens is 385 g/mol. The molecule has 146 valence electrons. The van der Waals surface area contributed by atoms with Crippen LogP contribution in [-0.4, -0.2) is 34.2 Å². The van der Waals surface area contributed by atoms with Crippen molar-refractivity contribution in [3.63, 3.8) is 0 Å². The fourth-order valence-electron chi connectivity index (χ4n) is 2.18. The lowest BCUT2D eigenvalue weighted by Gasteiger charge is -2.12. The van der Waals surface area contributed by atoms with Crippen molar-refractivity contribution in [3.05, 3.63) is 53.6 Å². The number of methoxy groups -OCH3 is 1. The summed E-state index contributed by atoms with van der Waals surface area (Å²) in [6, 6.07) is 9.83. The van der Waals surface area contributed by atoms with Crippen molar-refractivity contribution in [1.29, 1.82) is 0 Å². The van der Waals surface area contributed by atoms with E-state index in [0.717, 1.165) is 17.7 Å². The van der Waals surface area contributed by atoms with Gasteiger partial charge in [0.2, 0.25) is 10.0 Å². The van der Waals surface area contributed by atoms with Gasteiger partial charge in [0.1, 0.15) is 12.3 Å². The van der Waals surface area contributed by atoms with Crippen LogP contribution in [0.4, 0.5) is 18.9 Å². The molecule has 0 saturated heterocycles. The van der Waals surface area contributed by atoms with Gasteiger partial charge in [0.25, 0.3) is 5.91 Å². The van der Waals surface area contributed by atoms with E-state index >= 15 is 0 Å². The van der Waals surface area contributed by atoms with Crippen LogP contribution in [0.25, 0.3) is 0 Å². The number of alkyl halides is 3. The molecule has 2 aromatic carbocycles. The summed E-state index contributed by atoms with van der Waals surface area (Å²) in [5.74, 6) is -0.226. The maximum atomic E-state index is 12.4. The van der Waals surface area contributed by atoms with Crippen molar-refractivity contribution < 1.29 is 31.1 Å². The number of sulfonamides is 1. The molecule has 0 unspecified atom stereocenters. The Kier molecular flexibility index (Phi) is 6.11. The third-order valence-corrected chi connectivity index (χ3v) is 4.87. The highest BCUT2D eigenvalue weighted by atomic mass is 32.2. The van der Waals surface area contributed by atoms with E-state index in [2.05, 4.69) is 5.32 Å². The Balaban J connectivity index is 2.24. The fourth-order valence-corrected chi connectivity index (χ4v) is 3.24. The van der Waals surface area contributed by atoms with Gasteiger partial charge in [0.05, 0.1) is 17.7 Å². The number of carbonyl (C=O) groups excluding carboxylic acids is 1. The van der Waals surface area contributed by atoms with Crippen molar-refractivity contribution in [1.82, 2.24) is 4.72 Å². The van der Waals surface area contributed by atoms with Gasteiger partial charge in [-0.2, -0.15) is 13.2 Å². The second-order valence-corrected chi connectivity index (χ2v) is 7.39. The quantitative estimate of drug-likeness (QED) is 0.778. The zero-order chi connectivity index (χ0) is 20.2. The van der Waals surface area contributed by atoms with Gasteiger partial charge in [-0.25, -0.2) is 13.1 Å². The molecule has 0 saturated carbocycles. The van der Waals surface area contributed by atoms with Gasteiger partial charge in [-0.1, -0.05) is 12.1 Å². The van der Waals surface area contributed by atoms with E-state index in [1.807, 2.05) is 6.92 Å². The maximum absolute atomic E-state index is 12.4. The van der Waals surface area contributed by atoms with E-state index in [1.54, 1.807) is 18.2 Å². The van der Waals surface area contributed by atoms with Crippen molar-refractivity contribution in [2.45, 2.75) is 18.0 Å². The molecule has 0 aliphatic heterocycles. The van der Waals surface area contributed by atoms with Crippen molar-refractivity contribution in [3.8, 4) is 5.75 Å². The predicted molar refractivity (Wildman–Crippen MR) is 93.4 cm³/mol. The summed E-state index contributed by atoms with van der Waals surface area (Å²) in [6.07, 6.45) is -4.69. The van der Waals surface area contributed by atoms with E-state index in [-0.39, 0.29) is 5.56 Å². The Bertz CT molecular complexity index is 943. The lowest BCUT2D eigenvalue weighted by atomic mass is 10.1. The van der Waals surface area contributed by atoms with Crippen LogP contribution in [-0.2, 0) is 10.0 Å². The zero-order valence-electron chi connectivity index (χ0n) is 14.4. The number of ether oxygens (including phenoxy) is 1. The molecule has 0 aliphatic rings. The lowest BCUT2D eigenvalue weighted by Crippen LogP contribution is -2.33. The highest BCUT2D eigenvalue weighted by Crippen LogP contribution is 2.26. The smallest absolute Gasteiger partial charge is 0.402 e. The van der Waals surface area contributed by atoms with E-state index in [1.165, 1.54) is 24.0 Å². The Labute approximate surface area is 154 Å². The van der Waals surface area contributed by atoms with Crippen LogP contribution in [0.15, 0.2) is 47.4 Å². The van der Waals surface area contributed by atoms with Crippen LogP contribution in [0.2, 0.25) is 0 Å². The largest absolute Gasteiger partial charge is 0.495 e. The third-order valence-electron chi connectivity index (χ3n) is 3.47. The number of hydrogen-bond acceptors (Lipinski definition) is 4. The molecule has 0 aromatic heterocycles. The molecular formula is C17H17F3N2O4S. The molecule has 27 heavy (non-hydrogen) atoms.